The van der Waals surface area contributed by atoms with E-state index in [0.29, 0.717) is 12.4 Å². The quantitative estimate of drug-likeness (QED) is 0.425. The fourth-order valence-electron chi connectivity index (χ4n) is 2.03. The molecule has 0 saturated heterocycles. The van der Waals surface area contributed by atoms with Gasteiger partial charge < -0.3 is 15.4 Å². The standard InChI is InChI=1S/C19H15ClF2N2O3/c1-23-8-6-14(7-9-25)24-19(26)15-10-12(20)2-4-17(15)27-18-5-3-13(21)11-16(18)22/h2-11,23H,1H3,(H,24,26)/b8-6-,14-7+. The highest BCUT2D eigenvalue weighted by Crippen LogP contribution is 2.30. The molecular weight excluding hydrogens is 378 g/mol. The zero-order chi connectivity index (χ0) is 19.8. The molecule has 5 nitrogen and oxygen atoms in total. The number of nitrogens with one attached hydrogen (secondary N) is 2. The molecule has 2 rings (SSSR count). The molecule has 2 N–H and O–H groups in total. The summed E-state index contributed by atoms with van der Waals surface area (Å²) in [6.07, 6.45) is 4.64. The lowest BCUT2D eigenvalue weighted by Gasteiger charge is -2.13. The topological polar surface area (TPSA) is 67.4 Å². The monoisotopic (exact) mass is 392 g/mol. The summed E-state index contributed by atoms with van der Waals surface area (Å²) in [5.74, 6) is -2.57. The summed E-state index contributed by atoms with van der Waals surface area (Å²) in [6, 6.07) is 6.97. The Bertz CT molecular complexity index is 914. The van der Waals surface area contributed by atoms with Crippen molar-refractivity contribution in [3.8, 4) is 11.5 Å². The Morgan fingerprint density at radius 2 is 1.89 bits per heavy atom. The van der Waals surface area contributed by atoms with Crippen LogP contribution in [-0.4, -0.2) is 19.2 Å². The number of halogens is 3. The molecule has 2 aromatic rings. The van der Waals surface area contributed by atoms with Gasteiger partial charge in [0.1, 0.15) is 17.9 Å². The Morgan fingerprint density at radius 1 is 1.15 bits per heavy atom. The van der Waals surface area contributed by atoms with Crippen LogP contribution in [0.5, 0.6) is 11.5 Å². The van der Waals surface area contributed by atoms with Gasteiger partial charge in [0.15, 0.2) is 11.6 Å². The van der Waals surface area contributed by atoms with Crippen molar-refractivity contribution in [2.24, 2.45) is 0 Å². The second-order valence-electron chi connectivity index (χ2n) is 5.15. The average Bonchev–Trinajstić information content (AvgIpc) is 2.63. The smallest absolute Gasteiger partial charge is 0.259 e. The van der Waals surface area contributed by atoms with Gasteiger partial charge in [0.2, 0.25) is 0 Å². The predicted molar refractivity (Wildman–Crippen MR) is 97.7 cm³/mol. The van der Waals surface area contributed by atoms with E-state index in [1.165, 1.54) is 30.5 Å². The summed E-state index contributed by atoms with van der Waals surface area (Å²) in [5.41, 5.74) is 0.212. The third kappa shape index (κ3) is 5.65. The van der Waals surface area contributed by atoms with Gasteiger partial charge in [0, 0.05) is 29.9 Å². The van der Waals surface area contributed by atoms with E-state index in [0.717, 1.165) is 18.2 Å². The molecular formula is C19H15ClF2N2O3. The minimum absolute atomic E-state index is 0.000816. The Balaban J connectivity index is 2.34. The van der Waals surface area contributed by atoms with Gasteiger partial charge in [0.05, 0.1) is 5.56 Å². The minimum atomic E-state index is -0.921. The van der Waals surface area contributed by atoms with E-state index in [4.69, 9.17) is 16.3 Å². The summed E-state index contributed by atoms with van der Waals surface area (Å²) in [5, 5.41) is 5.49. The molecule has 0 radical (unpaired) electrons. The maximum absolute atomic E-state index is 13.8. The van der Waals surface area contributed by atoms with Crippen LogP contribution in [0.15, 0.2) is 60.4 Å². The average molecular weight is 393 g/mol. The highest BCUT2D eigenvalue weighted by Gasteiger charge is 2.16. The molecule has 0 unspecified atom stereocenters. The number of benzene rings is 2. The Labute approximate surface area is 159 Å². The van der Waals surface area contributed by atoms with E-state index in [1.54, 1.807) is 7.05 Å². The number of carbonyl (C=O) groups is 2. The van der Waals surface area contributed by atoms with Gasteiger partial charge in [0.25, 0.3) is 5.91 Å². The van der Waals surface area contributed by atoms with Crippen LogP contribution in [0.3, 0.4) is 0 Å². The summed E-state index contributed by atoms with van der Waals surface area (Å²) < 4.78 is 32.3. The number of allylic oxidation sites excluding steroid dienone is 2. The van der Waals surface area contributed by atoms with E-state index in [2.05, 4.69) is 10.6 Å². The molecule has 27 heavy (non-hydrogen) atoms. The van der Waals surface area contributed by atoms with Crippen LogP contribution < -0.4 is 15.4 Å². The first kappa shape index (κ1) is 20.1. The molecule has 0 saturated carbocycles. The number of ether oxygens (including phenoxy) is 1. The third-order valence-electron chi connectivity index (χ3n) is 3.24. The lowest BCUT2D eigenvalue weighted by molar-refractivity contribution is -0.104. The molecule has 0 aromatic heterocycles. The lowest BCUT2D eigenvalue weighted by Crippen LogP contribution is -2.23. The normalized spacial score (nSPS) is 11.3. The first-order valence-corrected chi connectivity index (χ1v) is 8.05. The van der Waals surface area contributed by atoms with Crippen molar-refractivity contribution in [2.75, 3.05) is 7.05 Å². The zero-order valence-electron chi connectivity index (χ0n) is 14.1. The van der Waals surface area contributed by atoms with Crippen molar-refractivity contribution in [3.05, 3.63) is 82.7 Å². The van der Waals surface area contributed by atoms with Gasteiger partial charge in [-0.2, -0.15) is 0 Å². The second kappa shape index (κ2) is 9.49. The number of amides is 1. The highest BCUT2D eigenvalue weighted by atomic mass is 35.5. The van der Waals surface area contributed by atoms with Crippen LogP contribution in [0.2, 0.25) is 5.02 Å². The van der Waals surface area contributed by atoms with Crippen LogP contribution in [-0.2, 0) is 4.79 Å². The van der Waals surface area contributed by atoms with Crippen LogP contribution in [0, 0.1) is 11.6 Å². The fraction of sp³-hybridized carbons (Fsp3) is 0.0526. The molecule has 0 fully saturated rings. The summed E-state index contributed by atoms with van der Waals surface area (Å²) in [4.78, 5) is 23.3. The van der Waals surface area contributed by atoms with Crippen LogP contribution in [0.4, 0.5) is 8.78 Å². The molecule has 0 atom stereocenters. The fourth-order valence-corrected chi connectivity index (χ4v) is 2.20. The maximum Gasteiger partial charge on any atom is 0.259 e. The van der Waals surface area contributed by atoms with Crippen molar-refractivity contribution >= 4 is 23.8 Å². The molecule has 0 aliphatic carbocycles. The third-order valence-corrected chi connectivity index (χ3v) is 3.47. The van der Waals surface area contributed by atoms with Gasteiger partial charge in [-0.05, 0) is 42.6 Å². The van der Waals surface area contributed by atoms with Crippen molar-refractivity contribution in [1.82, 2.24) is 10.6 Å². The van der Waals surface area contributed by atoms with E-state index >= 15 is 0 Å². The van der Waals surface area contributed by atoms with Crippen LogP contribution in [0.25, 0.3) is 0 Å². The molecule has 140 valence electrons. The molecule has 1 amide bonds. The van der Waals surface area contributed by atoms with Crippen molar-refractivity contribution in [1.29, 1.82) is 0 Å². The number of carbonyl (C=O) groups excluding carboxylic acids is 2. The van der Waals surface area contributed by atoms with Crippen LogP contribution in [0.1, 0.15) is 10.4 Å². The Morgan fingerprint density at radius 3 is 2.56 bits per heavy atom. The van der Waals surface area contributed by atoms with E-state index < -0.39 is 17.5 Å². The molecule has 0 aliphatic rings. The first-order chi connectivity index (χ1) is 12.9. The number of rotatable bonds is 7. The largest absolute Gasteiger partial charge is 0.453 e. The zero-order valence-corrected chi connectivity index (χ0v) is 14.9. The molecule has 2 aromatic carbocycles. The van der Waals surface area contributed by atoms with Crippen molar-refractivity contribution in [2.45, 2.75) is 0 Å². The molecule has 0 heterocycles. The second-order valence-corrected chi connectivity index (χ2v) is 5.59. The van der Waals surface area contributed by atoms with Crippen LogP contribution >= 0.6 is 11.6 Å². The van der Waals surface area contributed by atoms with Crippen molar-refractivity contribution < 1.29 is 23.1 Å². The number of aldehydes is 1. The van der Waals surface area contributed by atoms with Gasteiger partial charge >= 0.3 is 0 Å². The van der Waals surface area contributed by atoms with E-state index in [9.17, 15) is 18.4 Å². The summed E-state index contributed by atoms with van der Waals surface area (Å²) in [7, 11) is 1.65. The number of hydrogen-bond donors (Lipinski definition) is 2. The SMILES string of the molecule is CN/C=C\C(=C/C=O)NC(=O)c1cc(Cl)ccc1Oc1ccc(F)cc1F. The van der Waals surface area contributed by atoms with E-state index in [1.807, 2.05) is 0 Å². The number of hydrogen-bond acceptors (Lipinski definition) is 4. The van der Waals surface area contributed by atoms with Gasteiger partial charge in [-0.3, -0.25) is 9.59 Å². The van der Waals surface area contributed by atoms with Gasteiger partial charge in [-0.15, -0.1) is 0 Å². The minimum Gasteiger partial charge on any atom is -0.453 e. The lowest BCUT2D eigenvalue weighted by atomic mass is 10.1. The molecule has 8 heteroatoms. The highest BCUT2D eigenvalue weighted by molar-refractivity contribution is 6.31. The Hall–Kier alpha value is -3.19. The Kier molecular flexibility index (Phi) is 7.08. The van der Waals surface area contributed by atoms with E-state index in [-0.39, 0.29) is 27.8 Å². The summed E-state index contributed by atoms with van der Waals surface area (Å²) >= 11 is 5.94. The van der Waals surface area contributed by atoms with Crippen molar-refractivity contribution in [3.63, 3.8) is 0 Å². The molecule has 0 aliphatic heterocycles. The van der Waals surface area contributed by atoms with Gasteiger partial charge in [-0.25, -0.2) is 8.78 Å². The molecule has 0 spiro atoms. The van der Waals surface area contributed by atoms with Gasteiger partial charge in [-0.1, -0.05) is 11.6 Å². The maximum atomic E-state index is 13.8. The molecule has 0 bridgehead atoms. The first-order valence-electron chi connectivity index (χ1n) is 7.67. The summed E-state index contributed by atoms with van der Waals surface area (Å²) in [6.45, 7) is 0. The predicted octanol–water partition coefficient (Wildman–Crippen LogP) is 3.96.